The largest absolute Gasteiger partial charge is 0.325 e. The summed E-state index contributed by atoms with van der Waals surface area (Å²) in [5.41, 5.74) is 4.03. The second-order valence-corrected chi connectivity index (χ2v) is 5.24. The number of hydrogen-bond acceptors (Lipinski definition) is 3. The molecular formula is C18H14N2O. The first kappa shape index (κ1) is 12.1. The summed E-state index contributed by atoms with van der Waals surface area (Å²) in [6, 6.07) is 18.1. The first-order valence-corrected chi connectivity index (χ1v) is 7.07. The molecule has 0 saturated heterocycles. The number of anilines is 2. The fraction of sp³-hybridized carbons (Fsp3) is 0.111. The molecular weight excluding hydrogens is 260 g/mol. The summed E-state index contributed by atoms with van der Waals surface area (Å²) < 4.78 is 0. The fourth-order valence-corrected chi connectivity index (χ4v) is 2.98. The van der Waals surface area contributed by atoms with Gasteiger partial charge in [-0.2, -0.15) is 0 Å². The molecule has 2 aromatic carbocycles. The molecule has 0 bridgehead atoms. The molecule has 1 aliphatic heterocycles. The van der Waals surface area contributed by atoms with Crippen LogP contribution < -0.4 is 4.90 Å². The third-order valence-electron chi connectivity index (χ3n) is 4.00. The maximum absolute atomic E-state index is 11.5. The number of aromatic nitrogens is 1. The number of carbonyl (C=O) groups is 1. The molecule has 1 aliphatic rings. The first-order chi connectivity index (χ1) is 10.4. The average Bonchev–Trinajstić information content (AvgIpc) is 2.97. The predicted molar refractivity (Wildman–Crippen MR) is 84.3 cm³/mol. The molecule has 21 heavy (non-hydrogen) atoms. The van der Waals surface area contributed by atoms with Gasteiger partial charge in [-0.1, -0.05) is 36.4 Å². The standard InChI is InChI=1S/C18H14N2O/c21-12-15-11-14-6-1-3-7-16(14)19-18(15)20-10-9-13-5-2-4-8-17(13)20/h1-8,11-12H,9-10H2. The zero-order valence-electron chi connectivity index (χ0n) is 11.5. The van der Waals surface area contributed by atoms with E-state index in [-0.39, 0.29) is 0 Å². The quantitative estimate of drug-likeness (QED) is 0.667. The van der Waals surface area contributed by atoms with E-state index in [1.807, 2.05) is 36.4 Å². The maximum Gasteiger partial charge on any atom is 0.153 e. The van der Waals surface area contributed by atoms with Gasteiger partial charge in [0.1, 0.15) is 5.82 Å². The average molecular weight is 274 g/mol. The summed E-state index contributed by atoms with van der Waals surface area (Å²) in [5.74, 6) is 0.758. The van der Waals surface area contributed by atoms with Crippen LogP contribution in [0.3, 0.4) is 0 Å². The molecule has 4 rings (SSSR count). The van der Waals surface area contributed by atoms with E-state index >= 15 is 0 Å². The molecule has 102 valence electrons. The van der Waals surface area contributed by atoms with Crippen molar-refractivity contribution in [3.05, 3.63) is 65.7 Å². The minimum absolute atomic E-state index is 0.644. The van der Waals surface area contributed by atoms with Crippen LogP contribution in [0.5, 0.6) is 0 Å². The van der Waals surface area contributed by atoms with Crippen molar-refractivity contribution in [3.8, 4) is 0 Å². The molecule has 0 fully saturated rings. The van der Waals surface area contributed by atoms with Gasteiger partial charge >= 0.3 is 0 Å². The highest BCUT2D eigenvalue weighted by atomic mass is 16.1. The number of pyridine rings is 1. The molecule has 0 radical (unpaired) electrons. The molecule has 0 saturated carbocycles. The Morgan fingerprint density at radius 3 is 2.76 bits per heavy atom. The molecule has 0 N–H and O–H groups in total. The molecule has 3 aromatic rings. The lowest BCUT2D eigenvalue weighted by atomic mass is 10.1. The molecule has 3 heteroatoms. The van der Waals surface area contributed by atoms with Crippen molar-refractivity contribution >= 4 is 28.7 Å². The van der Waals surface area contributed by atoms with Gasteiger partial charge in [0.05, 0.1) is 11.1 Å². The Labute approximate surface area is 122 Å². The minimum atomic E-state index is 0.644. The number of nitrogens with zero attached hydrogens (tertiary/aromatic N) is 2. The summed E-state index contributed by atoms with van der Waals surface area (Å²) in [6.07, 6.45) is 1.89. The van der Waals surface area contributed by atoms with Crippen molar-refractivity contribution in [1.82, 2.24) is 4.98 Å². The summed E-state index contributed by atoms with van der Waals surface area (Å²) in [7, 11) is 0. The number of aldehydes is 1. The van der Waals surface area contributed by atoms with Crippen LogP contribution in [0, 0.1) is 0 Å². The molecule has 0 spiro atoms. The maximum atomic E-state index is 11.5. The van der Waals surface area contributed by atoms with Crippen LogP contribution in [0.4, 0.5) is 11.5 Å². The van der Waals surface area contributed by atoms with E-state index in [0.29, 0.717) is 5.56 Å². The normalized spacial score (nSPS) is 13.4. The summed E-state index contributed by atoms with van der Waals surface area (Å²) >= 11 is 0. The predicted octanol–water partition coefficient (Wildman–Crippen LogP) is 3.74. The zero-order chi connectivity index (χ0) is 14.2. The number of benzene rings is 2. The van der Waals surface area contributed by atoms with Crippen molar-refractivity contribution in [2.24, 2.45) is 0 Å². The minimum Gasteiger partial charge on any atom is -0.325 e. The van der Waals surface area contributed by atoms with E-state index < -0.39 is 0 Å². The lowest BCUT2D eigenvalue weighted by Crippen LogP contribution is -2.16. The van der Waals surface area contributed by atoms with Gasteiger partial charge in [0, 0.05) is 17.6 Å². The zero-order valence-corrected chi connectivity index (χ0v) is 11.5. The van der Waals surface area contributed by atoms with Gasteiger partial charge in [-0.05, 0) is 30.2 Å². The Morgan fingerprint density at radius 1 is 1.05 bits per heavy atom. The number of rotatable bonds is 2. The Morgan fingerprint density at radius 2 is 1.86 bits per heavy atom. The Kier molecular flexibility index (Phi) is 2.71. The number of hydrogen-bond donors (Lipinski definition) is 0. The molecule has 3 nitrogen and oxygen atoms in total. The number of para-hydroxylation sites is 2. The van der Waals surface area contributed by atoms with Gasteiger partial charge in [-0.25, -0.2) is 4.98 Å². The Bertz CT molecular complexity index is 841. The van der Waals surface area contributed by atoms with E-state index in [2.05, 4.69) is 23.1 Å². The van der Waals surface area contributed by atoms with E-state index in [4.69, 9.17) is 4.98 Å². The SMILES string of the molecule is O=Cc1cc2ccccc2nc1N1CCc2ccccc21. The molecule has 1 aromatic heterocycles. The van der Waals surface area contributed by atoms with Crippen molar-refractivity contribution < 1.29 is 4.79 Å². The third-order valence-corrected chi connectivity index (χ3v) is 4.00. The lowest BCUT2D eigenvalue weighted by Gasteiger charge is -2.20. The van der Waals surface area contributed by atoms with Crippen molar-refractivity contribution in [1.29, 1.82) is 0 Å². The van der Waals surface area contributed by atoms with Crippen LogP contribution >= 0.6 is 0 Å². The highest BCUT2D eigenvalue weighted by Crippen LogP contribution is 2.35. The molecule has 2 heterocycles. The lowest BCUT2D eigenvalue weighted by molar-refractivity contribution is 0.112. The highest BCUT2D eigenvalue weighted by molar-refractivity contribution is 5.93. The van der Waals surface area contributed by atoms with Gasteiger partial charge in [-0.15, -0.1) is 0 Å². The second kappa shape index (κ2) is 4.70. The number of fused-ring (bicyclic) bond motifs is 2. The van der Waals surface area contributed by atoms with Gasteiger partial charge < -0.3 is 4.90 Å². The van der Waals surface area contributed by atoms with Crippen LogP contribution in [0.1, 0.15) is 15.9 Å². The van der Waals surface area contributed by atoms with E-state index in [9.17, 15) is 4.79 Å². The molecule has 0 aliphatic carbocycles. The highest BCUT2D eigenvalue weighted by Gasteiger charge is 2.23. The fourth-order valence-electron chi connectivity index (χ4n) is 2.98. The number of carbonyl (C=O) groups excluding carboxylic acids is 1. The van der Waals surface area contributed by atoms with Crippen molar-refractivity contribution in [2.75, 3.05) is 11.4 Å². The first-order valence-electron chi connectivity index (χ1n) is 7.07. The molecule has 0 amide bonds. The van der Waals surface area contributed by atoms with Crippen molar-refractivity contribution in [2.45, 2.75) is 6.42 Å². The molecule has 0 atom stereocenters. The Balaban J connectivity index is 1.92. The van der Waals surface area contributed by atoms with E-state index in [1.165, 1.54) is 5.56 Å². The van der Waals surface area contributed by atoms with Crippen molar-refractivity contribution in [3.63, 3.8) is 0 Å². The third kappa shape index (κ3) is 1.89. The van der Waals surface area contributed by atoms with Gasteiger partial charge in [0.15, 0.2) is 6.29 Å². The monoisotopic (exact) mass is 274 g/mol. The summed E-state index contributed by atoms with van der Waals surface area (Å²) in [4.78, 5) is 18.3. The summed E-state index contributed by atoms with van der Waals surface area (Å²) in [5, 5.41) is 0.996. The second-order valence-electron chi connectivity index (χ2n) is 5.24. The molecule has 0 unspecified atom stereocenters. The Hall–Kier alpha value is -2.68. The van der Waals surface area contributed by atoms with Gasteiger partial charge in [-0.3, -0.25) is 4.79 Å². The van der Waals surface area contributed by atoms with Crippen LogP contribution in [0.2, 0.25) is 0 Å². The smallest absolute Gasteiger partial charge is 0.153 e. The van der Waals surface area contributed by atoms with Crippen LogP contribution in [0.25, 0.3) is 10.9 Å². The topological polar surface area (TPSA) is 33.2 Å². The summed E-state index contributed by atoms with van der Waals surface area (Å²) in [6.45, 7) is 0.867. The van der Waals surface area contributed by atoms with Crippen LogP contribution in [-0.4, -0.2) is 17.8 Å². The van der Waals surface area contributed by atoms with E-state index in [1.54, 1.807) is 0 Å². The van der Waals surface area contributed by atoms with Gasteiger partial charge in [0.25, 0.3) is 0 Å². The van der Waals surface area contributed by atoms with Crippen LogP contribution in [0.15, 0.2) is 54.6 Å². The van der Waals surface area contributed by atoms with Gasteiger partial charge in [0.2, 0.25) is 0 Å². The van der Waals surface area contributed by atoms with E-state index in [0.717, 1.165) is 41.7 Å². The van der Waals surface area contributed by atoms with Crippen LogP contribution in [-0.2, 0) is 6.42 Å².